The van der Waals surface area contributed by atoms with Gasteiger partial charge in [-0.2, -0.15) is 5.10 Å². The largest absolute Gasteiger partial charge is 0.497 e. The van der Waals surface area contributed by atoms with E-state index < -0.39 is 23.2 Å². The van der Waals surface area contributed by atoms with E-state index in [2.05, 4.69) is 10.4 Å². The Hall–Kier alpha value is -4.20. The number of aromatic nitrogens is 2. The van der Waals surface area contributed by atoms with Crippen molar-refractivity contribution in [3.05, 3.63) is 107 Å². The van der Waals surface area contributed by atoms with Crippen LogP contribution < -0.4 is 14.8 Å². The molecule has 0 bridgehead atoms. The van der Waals surface area contributed by atoms with E-state index in [0.717, 1.165) is 29.0 Å². The van der Waals surface area contributed by atoms with Crippen LogP contribution in [0.3, 0.4) is 0 Å². The van der Waals surface area contributed by atoms with Gasteiger partial charge in [0, 0.05) is 11.8 Å². The summed E-state index contributed by atoms with van der Waals surface area (Å²) in [6, 6.07) is 20.0. The van der Waals surface area contributed by atoms with Crippen molar-refractivity contribution in [2.45, 2.75) is 13.2 Å². The number of rotatable bonds is 8. The van der Waals surface area contributed by atoms with Gasteiger partial charge in [0.25, 0.3) is 5.91 Å². The molecule has 0 saturated carbocycles. The van der Waals surface area contributed by atoms with E-state index in [9.17, 15) is 13.6 Å². The van der Waals surface area contributed by atoms with E-state index in [-0.39, 0.29) is 5.69 Å². The van der Waals surface area contributed by atoms with Crippen LogP contribution in [0.15, 0.2) is 79.0 Å². The van der Waals surface area contributed by atoms with Gasteiger partial charge >= 0.3 is 0 Å². The van der Waals surface area contributed by atoms with Crippen LogP contribution in [0.5, 0.6) is 11.5 Å². The number of hydrogen-bond acceptors (Lipinski definition) is 4. The molecule has 0 aliphatic carbocycles. The molecule has 1 amide bonds. The van der Waals surface area contributed by atoms with Crippen LogP contribution in [0.1, 0.15) is 21.6 Å². The SMILES string of the molecule is COc1cccc(COc2ccccc2Cn2ccc(C(=O)Nc3c(F)cccc3F)n2)c1. The minimum Gasteiger partial charge on any atom is -0.497 e. The molecule has 4 aromatic rings. The van der Waals surface area contributed by atoms with Gasteiger partial charge in [-0.3, -0.25) is 9.48 Å². The number of halogens is 2. The van der Waals surface area contributed by atoms with Crippen LogP contribution >= 0.6 is 0 Å². The Kier molecular flexibility index (Phi) is 6.64. The topological polar surface area (TPSA) is 65.4 Å². The molecule has 3 aromatic carbocycles. The summed E-state index contributed by atoms with van der Waals surface area (Å²) in [5.74, 6) is -0.993. The van der Waals surface area contributed by atoms with Crippen molar-refractivity contribution in [2.75, 3.05) is 12.4 Å². The number of anilines is 1. The highest BCUT2D eigenvalue weighted by Crippen LogP contribution is 2.22. The van der Waals surface area contributed by atoms with Gasteiger partial charge in [0.1, 0.15) is 35.4 Å². The first kappa shape index (κ1) is 22.0. The number of methoxy groups -OCH3 is 1. The Bertz CT molecular complexity index is 1250. The second-order valence-corrected chi connectivity index (χ2v) is 7.20. The average Bonchev–Trinajstić information content (AvgIpc) is 3.30. The van der Waals surface area contributed by atoms with Gasteiger partial charge in [-0.05, 0) is 42.0 Å². The van der Waals surface area contributed by atoms with Crippen molar-refractivity contribution in [1.82, 2.24) is 9.78 Å². The number of amides is 1. The molecule has 0 aliphatic heterocycles. The van der Waals surface area contributed by atoms with Crippen molar-refractivity contribution < 1.29 is 23.0 Å². The first-order valence-corrected chi connectivity index (χ1v) is 10.2. The molecule has 0 unspecified atom stereocenters. The summed E-state index contributed by atoms with van der Waals surface area (Å²) in [5.41, 5.74) is 1.35. The highest BCUT2D eigenvalue weighted by atomic mass is 19.1. The maximum atomic E-state index is 13.8. The van der Waals surface area contributed by atoms with E-state index in [1.165, 1.54) is 12.1 Å². The first-order chi connectivity index (χ1) is 16.0. The number of carbonyl (C=O) groups excluding carboxylic acids is 1. The minimum atomic E-state index is -0.857. The monoisotopic (exact) mass is 449 g/mol. The summed E-state index contributed by atoms with van der Waals surface area (Å²) < 4.78 is 40.4. The standard InChI is InChI=1S/C25H21F2N3O3/c1-32-19-8-4-6-17(14-19)16-33-23-11-3-2-7-18(23)15-30-13-12-22(29-30)25(31)28-24-20(26)9-5-10-21(24)27/h2-14H,15-16H2,1H3,(H,28,31). The normalized spacial score (nSPS) is 10.6. The van der Waals surface area contributed by atoms with Gasteiger partial charge in [-0.1, -0.05) is 36.4 Å². The molecule has 0 spiro atoms. The molecule has 0 atom stereocenters. The van der Waals surface area contributed by atoms with Gasteiger partial charge < -0.3 is 14.8 Å². The molecule has 0 saturated heterocycles. The average molecular weight is 449 g/mol. The Balaban J connectivity index is 1.44. The molecule has 1 heterocycles. The van der Waals surface area contributed by atoms with Crippen LogP contribution in [0.25, 0.3) is 0 Å². The third kappa shape index (κ3) is 5.35. The first-order valence-electron chi connectivity index (χ1n) is 10.2. The third-order valence-electron chi connectivity index (χ3n) is 4.91. The van der Waals surface area contributed by atoms with Gasteiger partial charge in [-0.15, -0.1) is 0 Å². The Morgan fingerprint density at radius 1 is 1.00 bits per heavy atom. The van der Waals surface area contributed by atoms with E-state index >= 15 is 0 Å². The quantitative estimate of drug-likeness (QED) is 0.409. The lowest BCUT2D eigenvalue weighted by atomic mass is 10.2. The fourth-order valence-electron chi connectivity index (χ4n) is 3.24. The van der Waals surface area contributed by atoms with Crippen LogP contribution in [-0.2, 0) is 13.2 Å². The lowest BCUT2D eigenvalue weighted by Crippen LogP contribution is -2.15. The summed E-state index contributed by atoms with van der Waals surface area (Å²) in [6.45, 7) is 0.699. The van der Waals surface area contributed by atoms with E-state index in [0.29, 0.717) is 18.9 Å². The summed E-state index contributed by atoms with van der Waals surface area (Å²) in [5, 5.41) is 6.46. The van der Waals surface area contributed by atoms with Crippen LogP contribution in [-0.4, -0.2) is 22.8 Å². The minimum absolute atomic E-state index is 0.0347. The number of benzene rings is 3. The molecule has 4 rings (SSSR count). The second-order valence-electron chi connectivity index (χ2n) is 7.20. The zero-order valence-electron chi connectivity index (χ0n) is 17.8. The fraction of sp³-hybridized carbons (Fsp3) is 0.120. The van der Waals surface area contributed by atoms with Gasteiger partial charge in [0.2, 0.25) is 0 Å². The van der Waals surface area contributed by atoms with E-state index in [4.69, 9.17) is 9.47 Å². The molecular formula is C25H21F2N3O3. The Labute approximate surface area is 189 Å². The Morgan fingerprint density at radius 3 is 2.55 bits per heavy atom. The van der Waals surface area contributed by atoms with Crippen molar-refractivity contribution in [2.24, 2.45) is 0 Å². The van der Waals surface area contributed by atoms with Gasteiger partial charge in [0.15, 0.2) is 5.69 Å². The van der Waals surface area contributed by atoms with Crippen molar-refractivity contribution in [1.29, 1.82) is 0 Å². The summed E-state index contributed by atoms with van der Waals surface area (Å²) >= 11 is 0. The maximum absolute atomic E-state index is 13.8. The molecule has 33 heavy (non-hydrogen) atoms. The van der Waals surface area contributed by atoms with Crippen LogP contribution in [0.2, 0.25) is 0 Å². The number of hydrogen-bond donors (Lipinski definition) is 1. The zero-order chi connectivity index (χ0) is 23.2. The molecule has 6 nitrogen and oxygen atoms in total. The number of carbonyl (C=O) groups is 1. The molecule has 1 N–H and O–H groups in total. The maximum Gasteiger partial charge on any atom is 0.276 e. The number of nitrogens with one attached hydrogen (secondary N) is 1. The number of ether oxygens (including phenoxy) is 2. The van der Waals surface area contributed by atoms with Gasteiger partial charge in [0.05, 0.1) is 13.7 Å². The summed E-state index contributed by atoms with van der Waals surface area (Å²) in [7, 11) is 1.61. The highest BCUT2D eigenvalue weighted by Gasteiger charge is 2.16. The number of nitrogens with zero attached hydrogens (tertiary/aromatic N) is 2. The predicted molar refractivity (Wildman–Crippen MR) is 119 cm³/mol. The van der Waals surface area contributed by atoms with Crippen LogP contribution in [0, 0.1) is 11.6 Å². The van der Waals surface area contributed by atoms with E-state index in [1.807, 2.05) is 48.5 Å². The van der Waals surface area contributed by atoms with Gasteiger partial charge in [-0.25, -0.2) is 8.78 Å². The smallest absolute Gasteiger partial charge is 0.276 e. The van der Waals surface area contributed by atoms with Crippen LogP contribution in [0.4, 0.5) is 14.5 Å². The third-order valence-corrected chi connectivity index (χ3v) is 4.91. The van der Waals surface area contributed by atoms with Crippen molar-refractivity contribution >= 4 is 11.6 Å². The lowest BCUT2D eigenvalue weighted by molar-refractivity contribution is 0.102. The molecular weight excluding hydrogens is 428 g/mol. The fourth-order valence-corrected chi connectivity index (χ4v) is 3.24. The highest BCUT2D eigenvalue weighted by molar-refractivity contribution is 6.02. The second kappa shape index (κ2) is 9.95. The summed E-state index contributed by atoms with van der Waals surface area (Å²) in [4.78, 5) is 12.4. The number of para-hydroxylation sites is 2. The van der Waals surface area contributed by atoms with E-state index in [1.54, 1.807) is 18.0 Å². The molecule has 8 heteroatoms. The zero-order valence-corrected chi connectivity index (χ0v) is 17.8. The lowest BCUT2D eigenvalue weighted by Gasteiger charge is -2.12. The predicted octanol–water partition coefficient (Wildman–Crippen LogP) is 5.05. The molecule has 168 valence electrons. The molecule has 0 fully saturated rings. The Morgan fingerprint density at radius 2 is 1.76 bits per heavy atom. The molecule has 0 radical (unpaired) electrons. The molecule has 0 aliphatic rings. The summed E-state index contributed by atoms with van der Waals surface area (Å²) in [6.07, 6.45) is 1.62. The van der Waals surface area contributed by atoms with Crippen molar-refractivity contribution in [3.63, 3.8) is 0 Å². The van der Waals surface area contributed by atoms with Crippen molar-refractivity contribution in [3.8, 4) is 11.5 Å². The molecule has 1 aromatic heterocycles.